The predicted octanol–water partition coefficient (Wildman–Crippen LogP) is 2.05. The summed E-state index contributed by atoms with van der Waals surface area (Å²) in [5.41, 5.74) is 0.0313. The van der Waals surface area contributed by atoms with E-state index >= 15 is 0 Å². The van der Waals surface area contributed by atoms with Crippen LogP contribution in [0.4, 0.5) is 0 Å². The molecule has 0 bridgehead atoms. The van der Waals surface area contributed by atoms with Gasteiger partial charge in [-0.1, -0.05) is 0 Å². The van der Waals surface area contributed by atoms with Gasteiger partial charge in [0, 0.05) is 25.0 Å². The lowest BCUT2D eigenvalue weighted by molar-refractivity contribution is -0.121. The SMILES string of the molecule is O=C(CCCC1CCOCC1)NCc1nc(C(=O)O)cs1. The molecule has 21 heavy (non-hydrogen) atoms. The number of hydrogen-bond acceptors (Lipinski definition) is 5. The standard InChI is InChI=1S/C14H20N2O4S/c17-12(3-1-2-10-4-6-20-7-5-10)15-8-13-16-11(9-21-13)14(18)19/h9-10H,1-8H2,(H,15,17)(H,18,19). The quantitative estimate of drug-likeness (QED) is 0.804. The first-order valence-corrected chi connectivity index (χ1v) is 8.05. The summed E-state index contributed by atoms with van der Waals surface area (Å²) in [6.45, 7) is 1.98. The molecular formula is C14H20N2O4S. The van der Waals surface area contributed by atoms with E-state index in [1.165, 1.54) is 16.7 Å². The van der Waals surface area contributed by atoms with Gasteiger partial charge in [0.2, 0.25) is 5.91 Å². The van der Waals surface area contributed by atoms with E-state index in [9.17, 15) is 9.59 Å². The first-order chi connectivity index (χ1) is 10.1. The van der Waals surface area contributed by atoms with Crippen LogP contribution in [0.25, 0.3) is 0 Å². The fourth-order valence-electron chi connectivity index (χ4n) is 2.34. The Morgan fingerprint density at radius 2 is 2.19 bits per heavy atom. The number of carbonyl (C=O) groups is 2. The summed E-state index contributed by atoms with van der Waals surface area (Å²) in [6, 6.07) is 0. The topological polar surface area (TPSA) is 88.5 Å². The molecule has 116 valence electrons. The van der Waals surface area contributed by atoms with Gasteiger partial charge in [-0.2, -0.15) is 0 Å². The smallest absolute Gasteiger partial charge is 0.355 e. The molecule has 1 amide bonds. The second-order valence-electron chi connectivity index (χ2n) is 5.16. The Balaban J connectivity index is 1.61. The van der Waals surface area contributed by atoms with Crippen LogP contribution in [0.5, 0.6) is 0 Å². The van der Waals surface area contributed by atoms with Gasteiger partial charge in [-0.25, -0.2) is 9.78 Å². The molecule has 0 radical (unpaired) electrons. The van der Waals surface area contributed by atoms with Crippen LogP contribution in [-0.2, 0) is 16.1 Å². The highest BCUT2D eigenvalue weighted by molar-refractivity contribution is 7.09. The van der Waals surface area contributed by atoms with Crippen LogP contribution in [0.2, 0.25) is 0 Å². The zero-order valence-corrected chi connectivity index (χ0v) is 12.7. The fraction of sp³-hybridized carbons (Fsp3) is 0.643. The number of aromatic nitrogens is 1. The lowest BCUT2D eigenvalue weighted by Crippen LogP contribution is -2.23. The van der Waals surface area contributed by atoms with Crippen molar-refractivity contribution in [2.45, 2.75) is 38.6 Å². The Bertz CT molecular complexity index is 483. The number of nitrogens with one attached hydrogen (secondary N) is 1. The van der Waals surface area contributed by atoms with E-state index in [0.717, 1.165) is 38.9 Å². The Labute approximate surface area is 127 Å². The van der Waals surface area contributed by atoms with Crippen molar-refractivity contribution in [3.05, 3.63) is 16.1 Å². The van der Waals surface area contributed by atoms with Crippen molar-refractivity contribution in [2.75, 3.05) is 13.2 Å². The Kier molecular flexibility index (Phi) is 6.13. The number of hydrogen-bond donors (Lipinski definition) is 2. The van der Waals surface area contributed by atoms with Gasteiger partial charge < -0.3 is 15.2 Å². The lowest BCUT2D eigenvalue weighted by atomic mass is 9.94. The molecule has 0 unspecified atom stereocenters. The summed E-state index contributed by atoms with van der Waals surface area (Å²) >= 11 is 1.25. The second-order valence-corrected chi connectivity index (χ2v) is 6.10. The number of ether oxygens (including phenoxy) is 1. The van der Waals surface area contributed by atoms with E-state index in [1.807, 2.05) is 0 Å². The van der Waals surface area contributed by atoms with Gasteiger partial charge >= 0.3 is 5.97 Å². The number of aromatic carboxylic acids is 1. The molecule has 0 spiro atoms. The van der Waals surface area contributed by atoms with Crippen molar-refractivity contribution >= 4 is 23.2 Å². The van der Waals surface area contributed by atoms with E-state index in [0.29, 0.717) is 23.9 Å². The Morgan fingerprint density at radius 3 is 2.86 bits per heavy atom. The van der Waals surface area contributed by atoms with Crippen LogP contribution in [0.15, 0.2) is 5.38 Å². The van der Waals surface area contributed by atoms with Crippen LogP contribution in [-0.4, -0.2) is 35.2 Å². The molecule has 1 aliphatic heterocycles. The van der Waals surface area contributed by atoms with E-state index in [2.05, 4.69) is 10.3 Å². The molecule has 1 aliphatic rings. The third-order valence-electron chi connectivity index (χ3n) is 3.56. The van der Waals surface area contributed by atoms with Crippen molar-refractivity contribution in [1.82, 2.24) is 10.3 Å². The molecule has 2 N–H and O–H groups in total. The summed E-state index contributed by atoms with van der Waals surface area (Å²) in [5, 5.41) is 13.6. The molecule has 1 aromatic heterocycles. The molecule has 1 aromatic rings. The molecular weight excluding hydrogens is 292 g/mol. The van der Waals surface area contributed by atoms with Gasteiger partial charge in [0.25, 0.3) is 0 Å². The first kappa shape index (κ1) is 15.9. The van der Waals surface area contributed by atoms with Crippen molar-refractivity contribution in [3.63, 3.8) is 0 Å². The van der Waals surface area contributed by atoms with E-state index < -0.39 is 5.97 Å². The van der Waals surface area contributed by atoms with Gasteiger partial charge in [0.05, 0.1) is 6.54 Å². The van der Waals surface area contributed by atoms with Gasteiger partial charge in [-0.05, 0) is 31.6 Å². The zero-order valence-electron chi connectivity index (χ0n) is 11.8. The molecule has 0 aromatic carbocycles. The number of carbonyl (C=O) groups excluding carboxylic acids is 1. The van der Waals surface area contributed by atoms with Crippen molar-refractivity contribution in [2.24, 2.45) is 5.92 Å². The van der Waals surface area contributed by atoms with Crippen molar-refractivity contribution in [1.29, 1.82) is 0 Å². The van der Waals surface area contributed by atoms with Gasteiger partial charge in [-0.3, -0.25) is 4.79 Å². The molecule has 1 saturated heterocycles. The number of carboxylic acid groups (broad SMARTS) is 1. The minimum Gasteiger partial charge on any atom is -0.476 e. The third kappa shape index (κ3) is 5.43. The number of rotatable bonds is 7. The third-order valence-corrected chi connectivity index (χ3v) is 4.41. The van der Waals surface area contributed by atoms with E-state index in [-0.39, 0.29) is 11.6 Å². The average Bonchev–Trinajstić information content (AvgIpc) is 2.95. The molecule has 7 heteroatoms. The van der Waals surface area contributed by atoms with Gasteiger partial charge in [0.15, 0.2) is 5.69 Å². The number of thiazole rings is 1. The molecule has 0 aliphatic carbocycles. The predicted molar refractivity (Wildman–Crippen MR) is 78.3 cm³/mol. The Hall–Kier alpha value is -1.47. The van der Waals surface area contributed by atoms with E-state index in [1.54, 1.807) is 0 Å². The molecule has 2 rings (SSSR count). The zero-order chi connectivity index (χ0) is 15.1. The minimum absolute atomic E-state index is 0.00543. The molecule has 0 atom stereocenters. The summed E-state index contributed by atoms with van der Waals surface area (Å²) in [7, 11) is 0. The lowest BCUT2D eigenvalue weighted by Gasteiger charge is -2.21. The number of nitrogens with zero attached hydrogens (tertiary/aromatic N) is 1. The van der Waals surface area contributed by atoms with Gasteiger partial charge in [0.1, 0.15) is 5.01 Å². The second kappa shape index (κ2) is 8.09. The highest BCUT2D eigenvalue weighted by atomic mass is 32.1. The number of carboxylic acids is 1. The van der Waals surface area contributed by atoms with Crippen LogP contribution >= 0.6 is 11.3 Å². The maximum atomic E-state index is 11.7. The maximum absolute atomic E-state index is 11.7. The first-order valence-electron chi connectivity index (χ1n) is 7.17. The number of amides is 1. The molecule has 1 fully saturated rings. The largest absolute Gasteiger partial charge is 0.476 e. The van der Waals surface area contributed by atoms with Crippen LogP contribution in [0, 0.1) is 5.92 Å². The van der Waals surface area contributed by atoms with Crippen LogP contribution in [0.1, 0.15) is 47.6 Å². The summed E-state index contributed by atoms with van der Waals surface area (Å²) < 4.78 is 5.31. The van der Waals surface area contributed by atoms with Crippen molar-refractivity contribution < 1.29 is 19.4 Å². The Morgan fingerprint density at radius 1 is 1.43 bits per heavy atom. The van der Waals surface area contributed by atoms with Crippen LogP contribution < -0.4 is 5.32 Å². The summed E-state index contributed by atoms with van der Waals surface area (Å²) in [5.74, 6) is -0.363. The normalized spacial score (nSPS) is 15.8. The molecule has 6 nitrogen and oxygen atoms in total. The maximum Gasteiger partial charge on any atom is 0.355 e. The highest BCUT2D eigenvalue weighted by Gasteiger charge is 2.14. The van der Waals surface area contributed by atoms with E-state index in [4.69, 9.17) is 9.84 Å². The average molecular weight is 312 g/mol. The van der Waals surface area contributed by atoms with Crippen LogP contribution in [0.3, 0.4) is 0 Å². The highest BCUT2D eigenvalue weighted by Crippen LogP contribution is 2.20. The fourth-order valence-corrected chi connectivity index (χ4v) is 3.05. The molecule has 0 saturated carbocycles. The van der Waals surface area contributed by atoms with Gasteiger partial charge in [-0.15, -0.1) is 11.3 Å². The summed E-state index contributed by atoms with van der Waals surface area (Å²) in [6.07, 6.45) is 4.65. The molecule has 2 heterocycles. The monoisotopic (exact) mass is 312 g/mol. The van der Waals surface area contributed by atoms with Crippen molar-refractivity contribution in [3.8, 4) is 0 Å². The summed E-state index contributed by atoms with van der Waals surface area (Å²) in [4.78, 5) is 26.3. The minimum atomic E-state index is -1.04.